The summed E-state index contributed by atoms with van der Waals surface area (Å²) in [7, 11) is 1.95. The van der Waals surface area contributed by atoms with E-state index in [1.165, 1.54) is 0 Å². The van der Waals surface area contributed by atoms with Crippen LogP contribution in [0.15, 0.2) is 64.7 Å². The van der Waals surface area contributed by atoms with Gasteiger partial charge in [0, 0.05) is 18.1 Å². The van der Waals surface area contributed by atoms with Gasteiger partial charge in [-0.3, -0.25) is 9.89 Å². The summed E-state index contributed by atoms with van der Waals surface area (Å²) in [6, 6.07) is 13.4. The lowest BCUT2D eigenvalue weighted by molar-refractivity contribution is 0.0713. The first-order valence-corrected chi connectivity index (χ1v) is 9.10. The third kappa shape index (κ3) is 3.34. The number of carbonyl (C=O) groups excluding carboxylic acids is 1. The average molecular weight is 366 g/mol. The lowest BCUT2D eigenvalue weighted by Gasteiger charge is -2.20. The number of aryl methyl sites for hydroxylation is 1. The fourth-order valence-corrected chi connectivity index (χ4v) is 3.56. The van der Waals surface area contributed by atoms with E-state index < -0.39 is 0 Å². The van der Waals surface area contributed by atoms with Gasteiger partial charge in [0.15, 0.2) is 0 Å². The Morgan fingerprint density at radius 3 is 2.88 bits per heavy atom. The van der Waals surface area contributed by atoms with Gasteiger partial charge in [-0.1, -0.05) is 6.07 Å². The highest BCUT2D eigenvalue weighted by molar-refractivity contribution is 7.09. The summed E-state index contributed by atoms with van der Waals surface area (Å²) in [6.07, 6.45) is 3.57. The second-order valence-corrected chi connectivity index (χ2v) is 7.02. The molecule has 0 fully saturated rings. The van der Waals surface area contributed by atoms with Crippen molar-refractivity contribution >= 4 is 17.2 Å². The molecule has 0 aliphatic rings. The van der Waals surface area contributed by atoms with Crippen LogP contribution in [-0.4, -0.2) is 25.6 Å². The van der Waals surface area contributed by atoms with Gasteiger partial charge in [-0.2, -0.15) is 5.10 Å². The number of aromatic amines is 1. The number of amides is 1. The molecule has 4 aromatic heterocycles. The van der Waals surface area contributed by atoms with Crippen molar-refractivity contribution in [2.75, 3.05) is 0 Å². The highest BCUT2D eigenvalue weighted by Gasteiger charge is 2.21. The Hall–Kier alpha value is -3.06. The summed E-state index contributed by atoms with van der Waals surface area (Å²) in [5.41, 5.74) is 2.16. The van der Waals surface area contributed by atoms with Crippen LogP contribution in [0.5, 0.6) is 0 Å². The Bertz CT molecular complexity index is 947. The summed E-state index contributed by atoms with van der Waals surface area (Å²) < 4.78 is 7.40. The van der Waals surface area contributed by atoms with Crippen molar-refractivity contribution in [2.24, 2.45) is 7.05 Å². The summed E-state index contributed by atoms with van der Waals surface area (Å²) in [6.45, 7) is 0.929. The molecule has 7 heteroatoms. The molecule has 4 heterocycles. The first-order valence-electron chi connectivity index (χ1n) is 8.22. The van der Waals surface area contributed by atoms with Crippen LogP contribution in [-0.2, 0) is 20.1 Å². The zero-order valence-electron chi connectivity index (χ0n) is 14.3. The molecule has 0 saturated heterocycles. The van der Waals surface area contributed by atoms with Gasteiger partial charge in [0.1, 0.15) is 17.1 Å². The molecule has 1 amide bonds. The number of thiophene rings is 1. The topological polar surface area (TPSA) is 67.1 Å². The summed E-state index contributed by atoms with van der Waals surface area (Å²) >= 11 is 1.63. The Morgan fingerprint density at radius 1 is 1.27 bits per heavy atom. The number of hydrogen-bond acceptors (Lipinski definition) is 4. The lowest BCUT2D eigenvalue weighted by Crippen LogP contribution is -2.30. The van der Waals surface area contributed by atoms with Gasteiger partial charge in [0.2, 0.25) is 0 Å². The first-order chi connectivity index (χ1) is 12.7. The molecule has 4 aromatic rings. The summed E-state index contributed by atoms with van der Waals surface area (Å²) in [5.74, 6) is 0.639. The molecule has 132 valence electrons. The minimum absolute atomic E-state index is 0.109. The normalized spacial score (nSPS) is 11.0. The van der Waals surface area contributed by atoms with Gasteiger partial charge in [-0.05, 0) is 41.8 Å². The Labute approximate surface area is 154 Å². The largest absolute Gasteiger partial charge is 0.467 e. The second-order valence-electron chi connectivity index (χ2n) is 5.99. The Kier molecular flexibility index (Phi) is 4.45. The number of H-pyrrole nitrogens is 1. The van der Waals surface area contributed by atoms with Crippen LogP contribution in [0.25, 0.3) is 11.4 Å². The summed E-state index contributed by atoms with van der Waals surface area (Å²) in [5, 5.41) is 9.19. The highest BCUT2D eigenvalue weighted by atomic mass is 32.1. The van der Waals surface area contributed by atoms with Crippen LogP contribution in [0.1, 0.15) is 21.1 Å². The zero-order valence-corrected chi connectivity index (χ0v) is 15.1. The van der Waals surface area contributed by atoms with Crippen molar-refractivity contribution in [1.82, 2.24) is 19.7 Å². The zero-order chi connectivity index (χ0) is 17.9. The maximum Gasteiger partial charge on any atom is 0.272 e. The van der Waals surface area contributed by atoms with Crippen LogP contribution in [0, 0.1) is 0 Å². The lowest BCUT2D eigenvalue weighted by atomic mass is 10.2. The van der Waals surface area contributed by atoms with Gasteiger partial charge >= 0.3 is 0 Å². The van der Waals surface area contributed by atoms with E-state index >= 15 is 0 Å². The monoisotopic (exact) mass is 366 g/mol. The molecule has 0 unspecified atom stereocenters. The van der Waals surface area contributed by atoms with Crippen LogP contribution in [0.3, 0.4) is 0 Å². The average Bonchev–Trinajstić information content (AvgIpc) is 3.41. The number of nitrogens with zero attached hydrogens (tertiary/aromatic N) is 3. The standard InChI is InChI=1S/C19H18N4O2S/c1-22-8-2-7-18(22)16-11-17(21-20-16)19(24)23(12-14-5-3-9-25-14)13-15-6-4-10-26-15/h2-11H,12-13H2,1H3,(H,20,21). The Balaban J connectivity index is 1.59. The predicted octanol–water partition coefficient (Wildman–Crippen LogP) is 3.91. The van der Waals surface area contributed by atoms with Crippen molar-refractivity contribution in [1.29, 1.82) is 0 Å². The van der Waals surface area contributed by atoms with Crippen molar-refractivity contribution in [2.45, 2.75) is 13.1 Å². The van der Waals surface area contributed by atoms with E-state index in [9.17, 15) is 4.79 Å². The third-order valence-electron chi connectivity index (χ3n) is 4.16. The number of hydrogen-bond donors (Lipinski definition) is 1. The maximum atomic E-state index is 13.1. The van der Waals surface area contributed by atoms with E-state index in [1.54, 1.807) is 28.6 Å². The minimum atomic E-state index is -0.109. The quantitative estimate of drug-likeness (QED) is 0.562. The molecule has 0 aliphatic heterocycles. The minimum Gasteiger partial charge on any atom is -0.467 e. The van der Waals surface area contributed by atoms with E-state index in [0.29, 0.717) is 18.8 Å². The van der Waals surface area contributed by atoms with Crippen LogP contribution >= 0.6 is 11.3 Å². The molecule has 0 saturated carbocycles. The number of furan rings is 1. The highest BCUT2D eigenvalue weighted by Crippen LogP contribution is 2.21. The summed E-state index contributed by atoms with van der Waals surface area (Å²) in [4.78, 5) is 16.0. The van der Waals surface area contributed by atoms with Crippen LogP contribution < -0.4 is 0 Å². The van der Waals surface area contributed by atoms with E-state index in [-0.39, 0.29) is 5.91 Å². The molecular formula is C19H18N4O2S. The molecule has 0 radical (unpaired) electrons. The molecule has 1 N–H and O–H groups in total. The second kappa shape index (κ2) is 7.05. The predicted molar refractivity (Wildman–Crippen MR) is 99.6 cm³/mol. The van der Waals surface area contributed by atoms with Gasteiger partial charge in [0.25, 0.3) is 5.91 Å². The SMILES string of the molecule is Cn1cccc1-c1cc(C(=O)N(Cc2ccco2)Cc2cccs2)[nH]n1. The molecule has 0 spiro atoms. The van der Waals surface area contributed by atoms with Gasteiger partial charge in [-0.25, -0.2) is 0 Å². The van der Waals surface area contributed by atoms with E-state index in [4.69, 9.17) is 4.42 Å². The molecule has 0 atom stereocenters. The fourth-order valence-electron chi connectivity index (χ4n) is 2.84. The molecule has 26 heavy (non-hydrogen) atoms. The molecular weight excluding hydrogens is 348 g/mol. The van der Waals surface area contributed by atoms with E-state index in [2.05, 4.69) is 10.2 Å². The molecule has 6 nitrogen and oxygen atoms in total. The van der Waals surface area contributed by atoms with Crippen LogP contribution in [0.2, 0.25) is 0 Å². The number of aromatic nitrogens is 3. The smallest absolute Gasteiger partial charge is 0.272 e. The van der Waals surface area contributed by atoms with Crippen molar-refractivity contribution in [3.05, 3.63) is 76.6 Å². The molecule has 4 rings (SSSR count). The van der Waals surface area contributed by atoms with Gasteiger partial charge < -0.3 is 13.9 Å². The fraction of sp³-hybridized carbons (Fsp3) is 0.158. The van der Waals surface area contributed by atoms with Crippen molar-refractivity contribution < 1.29 is 9.21 Å². The molecule has 0 aliphatic carbocycles. The van der Waals surface area contributed by atoms with Crippen LogP contribution in [0.4, 0.5) is 0 Å². The van der Waals surface area contributed by atoms with E-state index in [1.807, 2.05) is 59.6 Å². The van der Waals surface area contributed by atoms with Crippen molar-refractivity contribution in [3.63, 3.8) is 0 Å². The maximum absolute atomic E-state index is 13.1. The van der Waals surface area contributed by atoms with E-state index in [0.717, 1.165) is 22.0 Å². The number of rotatable bonds is 6. The Morgan fingerprint density at radius 2 is 2.19 bits per heavy atom. The molecule has 0 aromatic carbocycles. The number of nitrogens with one attached hydrogen (secondary N) is 1. The number of carbonyl (C=O) groups is 1. The van der Waals surface area contributed by atoms with Gasteiger partial charge in [0.05, 0.1) is 25.0 Å². The first kappa shape index (κ1) is 16.4. The molecule has 0 bridgehead atoms. The van der Waals surface area contributed by atoms with Gasteiger partial charge in [-0.15, -0.1) is 11.3 Å². The van der Waals surface area contributed by atoms with Crippen molar-refractivity contribution in [3.8, 4) is 11.4 Å². The third-order valence-corrected chi connectivity index (χ3v) is 5.02.